The number of hydrogen-bond donors (Lipinski definition) is 0. The molecule has 0 aliphatic heterocycles. The average Bonchev–Trinajstić information content (AvgIpc) is 2.90. The maximum Gasteiger partial charge on any atom is 0.534 e. The van der Waals surface area contributed by atoms with Crippen molar-refractivity contribution in [3.8, 4) is 11.6 Å². The van der Waals surface area contributed by atoms with Gasteiger partial charge >= 0.3 is 15.6 Å². The van der Waals surface area contributed by atoms with Crippen LogP contribution in [0.1, 0.15) is 26.3 Å². The van der Waals surface area contributed by atoms with Gasteiger partial charge in [0.1, 0.15) is 5.52 Å². The van der Waals surface area contributed by atoms with Crippen molar-refractivity contribution in [1.82, 2.24) is 9.97 Å². The number of alkyl halides is 3. The number of halogens is 3. The van der Waals surface area contributed by atoms with Gasteiger partial charge in [0.15, 0.2) is 5.75 Å². The molecule has 2 aromatic carbocycles. The SMILES string of the molecule is COc1cc(CCO[Si](c2ccccc2)(c2ccccc2)C(C)(C)C)c2nccc(OS(=O)(=O)C(F)(F)F)c2n1. The van der Waals surface area contributed by atoms with E-state index in [0.717, 1.165) is 16.4 Å². The van der Waals surface area contributed by atoms with Crippen LogP contribution in [-0.4, -0.2) is 45.9 Å². The summed E-state index contributed by atoms with van der Waals surface area (Å²) in [5.74, 6) is -0.536. The van der Waals surface area contributed by atoms with E-state index >= 15 is 0 Å². The summed E-state index contributed by atoms with van der Waals surface area (Å²) < 4.78 is 79.1. The Morgan fingerprint density at radius 2 is 1.45 bits per heavy atom. The van der Waals surface area contributed by atoms with Crippen LogP contribution in [0.15, 0.2) is 79.0 Å². The lowest BCUT2D eigenvalue weighted by molar-refractivity contribution is -0.0499. The number of hydrogen-bond acceptors (Lipinski definition) is 7. The van der Waals surface area contributed by atoms with Crippen LogP contribution in [0.5, 0.6) is 11.6 Å². The summed E-state index contributed by atoms with van der Waals surface area (Å²) in [6.45, 7) is 6.69. The zero-order valence-corrected chi connectivity index (χ0v) is 24.2. The first-order chi connectivity index (χ1) is 18.8. The van der Waals surface area contributed by atoms with Crippen LogP contribution < -0.4 is 19.3 Å². The van der Waals surface area contributed by atoms with Crippen LogP contribution in [0.2, 0.25) is 5.04 Å². The van der Waals surface area contributed by atoms with E-state index < -0.39 is 29.7 Å². The number of benzene rings is 2. The van der Waals surface area contributed by atoms with Crippen molar-refractivity contribution >= 4 is 39.8 Å². The van der Waals surface area contributed by atoms with Gasteiger partial charge in [-0.15, -0.1) is 0 Å². The summed E-state index contributed by atoms with van der Waals surface area (Å²) in [4.78, 5) is 8.41. The number of aromatic nitrogens is 2. The summed E-state index contributed by atoms with van der Waals surface area (Å²) in [7, 11) is -7.42. The molecule has 0 amide bonds. The molecule has 7 nitrogen and oxygen atoms in total. The summed E-state index contributed by atoms with van der Waals surface area (Å²) in [6, 6.07) is 22.7. The first kappa shape index (κ1) is 29.5. The van der Waals surface area contributed by atoms with Crippen molar-refractivity contribution in [3.63, 3.8) is 0 Å². The fraction of sp³-hybridized carbons (Fsp3) is 0.286. The molecule has 40 heavy (non-hydrogen) atoms. The van der Waals surface area contributed by atoms with Crippen LogP contribution in [0.4, 0.5) is 13.2 Å². The van der Waals surface area contributed by atoms with Crippen molar-refractivity contribution in [2.75, 3.05) is 13.7 Å². The third-order valence-electron chi connectivity index (χ3n) is 6.51. The molecule has 0 bridgehead atoms. The Morgan fingerprint density at radius 3 is 1.95 bits per heavy atom. The van der Waals surface area contributed by atoms with Crippen LogP contribution >= 0.6 is 0 Å². The zero-order chi connectivity index (χ0) is 29.2. The monoisotopic (exact) mass is 590 g/mol. The van der Waals surface area contributed by atoms with E-state index in [0.29, 0.717) is 12.0 Å². The van der Waals surface area contributed by atoms with Gasteiger partial charge in [-0.1, -0.05) is 81.4 Å². The number of rotatable bonds is 9. The third-order valence-corrected chi connectivity index (χ3v) is 12.5. The van der Waals surface area contributed by atoms with Gasteiger partial charge in [-0.3, -0.25) is 4.98 Å². The van der Waals surface area contributed by atoms with E-state index in [2.05, 4.69) is 59.2 Å². The molecular weight excluding hydrogens is 561 g/mol. The summed E-state index contributed by atoms with van der Waals surface area (Å²) >= 11 is 0. The molecule has 2 heterocycles. The normalized spacial score (nSPS) is 12.9. The minimum absolute atomic E-state index is 0.0650. The van der Waals surface area contributed by atoms with Crippen LogP contribution in [0, 0.1) is 0 Å². The second kappa shape index (κ2) is 11.2. The van der Waals surface area contributed by atoms with E-state index in [1.54, 1.807) is 6.07 Å². The fourth-order valence-corrected chi connectivity index (χ4v) is 9.77. The van der Waals surface area contributed by atoms with Crippen molar-refractivity contribution in [2.24, 2.45) is 0 Å². The van der Waals surface area contributed by atoms with Crippen molar-refractivity contribution in [2.45, 2.75) is 37.7 Å². The Bertz CT molecular complexity index is 1540. The summed E-state index contributed by atoms with van der Waals surface area (Å²) in [5.41, 5.74) is -5.04. The lowest BCUT2D eigenvalue weighted by atomic mass is 10.1. The third kappa shape index (κ3) is 5.69. The van der Waals surface area contributed by atoms with E-state index in [4.69, 9.17) is 9.16 Å². The average molecular weight is 591 g/mol. The van der Waals surface area contributed by atoms with E-state index in [1.807, 2.05) is 36.4 Å². The molecule has 212 valence electrons. The number of ether oxygens (including phenoxy) is 1. The molecule has 0 fully saturated rings. The predicted octanol–water partition coefficient (Wildman–Crippen LogP) is 4.99. The standard InChI is InChI=1S/C28H29F3N2O5SSi/c1-27(2,3)40(21-11-7-5-8-12-21,22-13-9-6-10-14-22)37-18-16-20-19-24(36-4)33-26-23(15-17-32-25(20)26)38-39(34,35)28(29,30)31/h5-15,17,19H,16,18H2,1-4H3. The molecule has 0 saturated heterocycles. The Kier molecular flexibility index (Phi) is 8.25. The number of nitrogens with zero attached hydrogens (tertiary/aromatic N) is 2. The van der Waals surface area contributed by atoms with Gasteiger partial charge < -0.3 is 13.3 Å². The molecule has 12 heteroatoms. The molecule has 0 aliphatic carbocycles. The predicted molar refractivity (Wildman–Crippen MR) is 149 cm³/mol. The minimum Gasteiger partial charge on any atom is -0.481 e. The Hall–Kier alpha value is -3.48. The van der Waals surface area contributed by atoms with Crippen molar-refractivity contribution in [3.05, 3.63) is 84.6 Å². The number of methoxy groups -OCH3 is 1. The molecule has 0 aliphatic rings. The van der Waals surface area contributed by atoms with Crippen molar-refractivity contribution in [1.29, 1.82) is 0 Å². The van der Waals surface area contributed by atoms with Gasteiger partial charge in [-0.2, -0.15) is 21.6 Å². The van der Waals surface area contributed by atoms with E-state index in [9.17, 15) is 21.6 Å². The topological polar surface area (TPSA) is 87.6 Å². The van der Waals surface area contributed by atoms with Gasteiger partial charge in [0.2, 0.25) is 5.88 Å². The van der Waals surface area contributed by atoms with Crippen LogP contribution in [-0.2, 0) is 21.0 Å². The van der Waals surface area contributed by atoms with Crippen LogP contribution in [0.3, 0.4) is 0 Å². The molecule has 4 rings (SSSR count). The number of pyridine rings is 2. The largest absolute Gasteiger partial charge is 0.534 e. The highest BCUT2D eigenvalue weighted by Crippen LogP contribution is 2.37. The quantitative estimate of drug-likeness (QED) is 0.154. The molecular formula is C28H29F3N2O5SSi. The second-order valence-corrected chi connectivity index (χ2v) is 15.9. The van der Waals surface area contributed by atoms with Gasteiger partial charge in [0.25, 0.3) is 8.32 Å². The highest BCUT2D eigenvalue weighted by Gasteiger charge is 2.50. The lowest BCUT2D eigenvalue weighted by Gasteiger charge is -2.43. The first-order valence-electron chi connectivity index (χ1n) is 12.4. The van der Waals surface area contributed by atoms with E-state index in [1.165, 1.54) is 13.3 Å². The number of fused-ring (bicyclic) bond motifs is 1. The Morgan fingerprint density at radius 1 is 0.875 bits per heavy atom. The van der Waals surface area contributed by atoms with Crippen molar-refractivity contribution < 1.29 is 34.9 Å². The van der Waals surface area contributed by atoms with Gasteiger partial charge in [0.05, 0.1) is 12.6 Å². The minimum atomic E-state index is -5.92. The lowest BCUT2D eigenvalue weighted by Crippen LogP contribution is -2.66. The Balaban J connectivity index is 1.75. The smallest absolute Gasteiger partial charge is 0.481 e. The first-order valence-corrected chi connectivity index (χ1v) is 15.7. The molecule has 0 atom stereocenters. The zero-order valence-electron chi connectivity index (χ0n) is 22.4. The van der Waals surface area contributed by atoms with Gasteiger partial charge in [0, 0.05) is 24.9 Å². The molecule has 0 spiro atoms. The summed E-state index contributed by atoms with van der Waals surface area (Å²) in [5, 5.41) is 1.92. The fourth-order valence-electron chi connectivity index (χ4n) is 4.74. The maximum atomic E-state index is 13.0. The highest BCUT2D eigenvalue weighted by molar-refractivity contribution is 7.88. The molecule has 2 aromatic heterocycles. The molecule has 0 unspecified atom stereocenters. The van der Waals surface area contributed by atoms with Crippen LogP contribution in [0.25, 0.3) is 11.0 Å². The maximum absolute atomic E-state index is 13.0. The molecule has 0 radical (unpaired) electrons. The molecule has 0 saturated carbocycles. The molecule has 0 N–H and O–H groups in total. The highest BCUT2D eigenvalue weighted by atomic mass is 32.2. The summed E-state index contributed by atoms with van der Waals surface area (Å²) in [6.07, 6.45) is 1.46. The Labute approximate surface area is 232 Å². The second-order valence-electron chi connectivity index (χ2n) is 10.1. The van der Waals surface area contributed by atoms with Gasteiger partial charge in [-0.05, 0) is 27.4 Å². The van der Waals surface area contributed by atoms with E-state index in [-0.39, 0.29) is 28.6 Å². The molecule has 4 aromatic rings. The van der Waals surface area contributed by atoms with Gasteiger partial charge in [-0.25, -0.2) is 4.98 Å².